The number of ether oxygens (including phenoxy) is 1. The fourth-order valence-corrected chi connectivity index (χ4v) is 1.48. The van der Waals surface area contributed by atoms with Crippen LogP contribution in [0.1, 0.15) is 35.2 Å². The van der Waals surface area contributed by atoms with Crippen LogP contribution in [-0.2, 0) is 11.2 Å². The highest BCUT2D eigenvalue weighted by Gasteiger charge is 2.18. The van der Waals surface area contributed by atoms with Gasteiger partial charge in [-0.1, -0.05) is 5.16 Å². The van der Waals surface area contributed by atoms with Gasteiger partial charge in [0, 0.05) is 13.5 Å². The van der Waals surface area contributed by atoms with E-state index in [-0.39, 0.29) is 17.7 Å². The highest BCUT2D eigenvalue weighted by atomic mass is 16.5. The molecule has 2 aromatic heterocycles. The Morgan fingerprint density at radius 2 is 2.42 bits per heavy atom. The number of rotatable bonds is 6. The van der Waals surface area contributed by atoms with E-state index in [1.54, 1.807) is 26.2 Å². The lowest BCUT2D eigenvalue weighted by molar-refractivity contribution is 0.0904. The lowest BCUT2D eigenvalue weighted by atomic mass is 10.3. The van der Waals surface area contributed by atoms with E-state index in [0.29, 0.717) is 24.7 Å². The first-order valence-electron chi connectivity index (χ1n) is 5.86. The van der Waals surface area contributed by atoms with Gasteiger partial charge in [-0.2, -0.15) is 4.98 Å². The second-order valence-corrected chi connectivity index (χ2v) is 3.96. The van der Waals surface area contributed by atoms with Crippen molar-refractivity contribution in [1.82, 2.24) is 15.5 Å². The molecule has 0 aliphatic carbocycles. The molecule has 0 aliphatic heterocycles. The number of methoxy groups -OCH3 is 1. The van der Waals surface area contributed by atoms with Gasteiger partial charge in [-0.15, -0.1) is 0 Å². The van der Waals surface area contributed by atoms with E-state index < -0.39 is 0 Å². The Balaban J connectivity index is 1.94. The molecule has 2 aromatic rings. The molecule has 2 rings (SSSR count). The van der Waals surface area contributed by atoms with Crippen LogP contribution in [0.2, 0.25) is 0 Å². The summed E-state index contributed by atoms with van der Waals surface area (Å²) in [6, 6.07) is 2.84. The summed E-state index contributed by atoms with van der Waals surface area (Å²) >= 11 is 0. The minimum atomic E-state index is -0.388. The number of furan rings is 1. The van der Waals surface area contributed by atoms with Crippen LogP contribution in [0, 0.1) is 0 Å². The van der Waals surface area contributed by atoms with Gasteiger partial charge in [-0.25, -0.2) is 0 Å². The highest BCUT2D eigenvalue weighted by Crippen LogP contribution is 2.11. The third-order valence-corrected chi connectivity index (χ3v) is 2.48. The lowest BCUT2D eigenvalue weighted by Crippen LogP contribution is -2.26. The van der Waals surface area contributed by atoms with Crippen LogP contribution in [0.5, 0.6) is 0 Å². The monoisotopic (exact) mass is 265 g/mol. The van der Waals surface area contributed by atoms with Gasteiger partial charge in [0.05, 0.1) is 12.9 Å². The predicted octanol–water partition coefficient (Wildman–Crippen LogP) is 1.34. The molecule has 1 atom stereocenters. The molecule has 102 valence electrons. The van der Waals surface area contributed by atoms with Crippen molar-refractivity contribution in [2.45, 2.75) is 19.4 Å². The third kappa shape index (κ3) is 3.41. The molecule has 1 N–H and O–H groups in total. The summed E-state index contributed by atoms with van der Waals surface area (Å²) in [6.07, 6.45) is 2.01. The van der Waals surface area contributed by atoms with Crippen molar-refractivity contribution in [2.75, 3.05) is 13.7 Å². The van der Waals surface area contributed by atoms with Crippen LogP contribution in [0.15, 0.2) is 27.3 Å². The minimum absolute atomic E-state index is 0.242. The van der Waals surface area contributed by atoms with Gasteiger partial charge < -0.3 is 19.0 Å². The maximum atomic E-state index is 11.8. The highest BCUT2D eigenvalue weighted by molar-refractivity contribution is 5.91. The van der Waals surface area contributed by atoms with Gasteiger partial charge in [-0.3, -0.25) is 4.79 Å². The summed E-state index contributed by atoms with van der Waals surface area (Å²) in [7, 11) is 1.60. The summed E-state index contributed by atoms with van der Waals surface area (Å²) in [4.78, 5) is 15.9. The molecule has 2 heterocycles. The molecule has 0 aliphatic rings. The largest absolute Gasteiger partial charge is 0.459 e. The molecule has 0 bridgehead atoms. The van der Waals surface area contributed by atoms with E-state index in [4.69, 9.17) is 13.7 Å². The minimum Gasteiger partial charge on any atom is -0.459 e. The maximum absolute atomic E-state index is 11.8. The third-order valence-electron chi connectivity index (χ3n) is 2.48. The molecule has 0 spiro atoms. The van der Waals surface area contributed by atoms with Crippen LogP contribution >= 0.6 is 0 Å². The number of hydrogen-bond acceptors (Lipinski definition) is 6. The molecule has 1 amide bonds. The van der Waals surface area contributed by atoms with Gasteiger partial charge >= 0.3 is 0 Å². The Kier molecular flexibility index (Phi) is 4.30. The summed E-state index contributed by atoms with van der Waals surface area (Å²) < 4.78 is 15.0. The van der Waals surface area contributed by atoms with Crippen LogP contribution in [0.3, 0.4) is 0 Å². The molecule has 7 nitrogen and oxygen atoms in total. The smallest absolute Gasteiger partial charge is 0.287 e. The number of amides is 1. The van der Waals surface area contributed by atoms with E-state index in [0.717, 1.165) is 0 Å². The average Bonchev–Trinajstić information content (AvgIpc) is 3.07. The van der Waals surface area contributed by atoms with Crippen molar-refractivity contribution in [3.05, 3.63) is 35.9 Å². The van der Waals surface area contributed by atoms with E-state index >= 15 is 0 Å². The number of carbonyl (C=O) groups is 1. The van der Waals surface area contributed by atoms with Gasteiger partial charge in [0.1, 0.15) is 6.04 Å². The van der Waals surface area contributed by atoms with Gasteiger partial charge in [0.15, 0.2) is 11.6 Å². The van der Waals surface area contributed by atoms with Crippen LogP contribution < -0.4 is 5.32 Å². The van der Waals surface area contributed by atoms with Gasteiger partial charge in [-0.05, 0) is 19.1 Å². The van der Waals surface area contributed by atoms with Crippen molar-refractivity contribution in [3.63, 3.8) is 0 Å². The first-order valence-corrected chi connectivity index (χ1v) is 5.86. The standard InChI is InChI=1S/C12H15N3O4/c1-8(13-11(16)9-4-3-6-18-9)12-14-10(15-19-12)5-7-17-2/h3-4,6,8H,5,7H2,1-2H3,(H,13,16)/t8-/m1/s1. The Morgan fingerprint density at radius 3 is 3.11 bits per heavy atom. The van der Waals surface area contributed by atoms with E-state index in [1.165, 1.54) is 6.26 Å². The zero-order valence-electron chi connectivity index (χ0n) is 10.8. The first-order chi connectivity index (χ1) is 9.20. The second kappa shape index (κ2) is 6.14. The van der Waals surface area contributed by atoms with Crippen LogP contribution in [0.25, 0.3) is 0 Å². The van der Waals surface area contributed by atoms with Crippen molar-refractivity contribution in [2.24, 2.45) is 0 Å². The van der Waals surface area contributed by atoms with Crippen LogP contribution in [0.4, 0.5) is 0 Å². The molecule has 19 heavy (non-hydrogen) atoms. The lowest BCUT2D eigenvalue weighted by Gasteiger charge is -2.07. The van der Waals surface area contributed by atoms with Crippen molar-refractivity contribution < 1.29 is 18.5 Å². The molecule has 0 radical (unpaired) electrons. The molecule has 0 saturated carbocycles. The first kappa shape index (κ1) is 13.3. The molecule has 0 saturated heterocycles. The summed E-state index contributed by atoms with van der Waals surface area (Å²) in [5.41, 5.74) is 0. The Morgan fingerprint density at radius 1 is 1.58 bits per heavy atom. The second-order valence-electron chi connectivity index (χ2n) is 3.96. The molecular weight excluding hydrogens is 250 g/mol. The number of carbonyl (C=O) groups excluding carboxylic acids is 1. The number of aromatic nitrogens is 2. The van der Waals surface area contributed by atoms with Gasteiger partial charge in [0.2, 0.25) is 5.89 Å². The summed E-state index contributed by atoms with van der Waals surface area (Å²) in [5, 5.41) is 6.51. The van der Waals surface area contributed by atoms with Gasteiger partial charge in [0.25, 0.3) is 5.91 Å². The van der Waals surface area contributed by atoms with E-state index in [2.05, 4.69) is 15.5 Å². The molecule has 0 unspecified atom stereocenters. The van der Waals surface area contributed by atoms with Crippen LogP contribution in [-0.4, -0.2) is 29.8 Å². The number of nitrogens with one attached hydrogen (secondary N) is 1. The number of nitrogens with zero attached hydrogens (tertiary/aromatic N) is 2. The predicted molar refractivity (Wildman–Crippen MR) is 64.5 cm³/mol. The zero-order chi connectivity index (χ0) is 13.7. The normalized spacial score (nSPS) is 12.3. The Labute approximate surface area is 109 Å². The quantitative estimate of drug-likeness (QED) is 0.847. The number of hydrogen-bond donors (Lipinski definition) is 1. The zero-order valence-corrected chi connectivity index (χ0v) is 10.8. The fourth-order valence-electron chi connectivity index (χ4n) is 1.48. The fraction of sp³-hybridized carbons (Fsp3) is 0.417. The summed E-state index contributed by atoms with van der Waals surface area (Å²) in [5.74, 6) is 0.821. The topological polar surface area (TPSA) is 90.4 Å². The maximum Gasteiger partial charge on any atom is 0.287 e. The SMILES string of the molecule is COCCc1noc([C@@H](C)NC(=O)c2ccco2)n1. The average molecular weight is 265 g/mol. The Bertz CT molecular complexity index is 521. The van der Waals surface area contributed by atoms with E-state index in [9.17, 15) is 4.79 Å². The van der Waals surface area contributed by atoms with Crippen molar-refractivity contribution in [1.29, 1.82) is 0 Å². The molecule has 0 aromatic carbocycles. The van der Waals surface area contributed by atoms with E-state index in [1.807, 2.05) is 0 Å². The molecule has 7 heteroatoms. The molecular formula is C12H15N3O4. The Hall–Kier alpha value is -2.15. The van der Waals surface area contributed by atoms with Crippen molar-refractivity contribution in [3.8, 4) is 0 Å². The van der Waals surface area contributed by atoms with Crippen molar-refractivity contribution >= 4 is 5.91 Å². The summed E-state index contributed by atoms with van der Waals surface area (Å²) in [6.45, 7) is 2.28. The molecule has 0 fully saturated rings.